The number of carbonyl (C=O) groups is 1. The molecule has 0 aliphatic carbocycles. The minimum atomic E-state index is -0.753. The lowest BCUT2D eigenvalue weighted by molar-refractivity contribution is -0.144. The molecule has 1 fully saturated rings. The van der Waals surface area contributed by atoms with Gasteiger partial charge in [-0.25, -0.2) is 0 Å². The topological polar surface area (TPSA) is 52.6 Å². The normalized spacial score (nSPS) is 24.2. The second kappa shape index (κ2) is 4.95. The third-order valence-electron chi connectivity index (χ3n) is 2.81. The van der Waals surface area contributed by atoms with E-state index in [-0.39, 0.29) is 0 Å². The third-order valence-corrected chi connectivity index (χ3v) is 3.74. The smallest absolute Gasteiger partial charge is 0.326 e. The highest BCUT2D eigenvalue weighted by atomic mass is 32.1. The molecule has 0 bridgehead atoms. The van der Waals surface area contributed by atoms with Gasteiger partial charge in [-0.15, -0.1) is 11.3 Å². The van der Waals surface area contributed by atoms with Crippen LogP contribution >= 0.6 is 11.3 Å². The predicted molar refractivity (Wildman–Crippen MR) is 63.7 cm³/mol. The first-order valence-corrected chi connectivity index (χ1v) is 6.30. The van der Waals surface area contributed by atoms with Crippen LogP contribution in [0.25, 0.3) is 0 Å². The van der Waals surface area contributed by atoms with Gasteiger partial charge in [0.05, 0.1) is 0 Å². The molecule has 16 heavy (non-hydrogen) atoms. The Bertz CT molecular complexity index is 353. The second-order valence-electron chi connectivity index (χ2n) is 4.11. The van der Waals surface area contributed by atoms with Crippen LogP contribution in [0.2, 0.25) is 0 Å². The summed E-state index contributed by atoms with van der Waals surface area (Å²) in [5.41, 5.74) is 0. The van der Waals surface area contributed by atoms with Crippen molar-refractivity contribution < 1.29 is 9.90 Å². The minimum Gasteiger partial charge on any atom is -0.480 e. The number of hydrogen-bond acceptors (Lipinski definition) is 4. The molecule has 1 aliphatic heterocycles. The standard InChI is InChI=1S/C11H16N2O2S/c1-8-7-13(5-4-12-8)10(11(14)15)9-3-2-6-16-9/h2-3,6,8,10,12H,4-5,7H2,1H3,(H,14,15). The van der Waals surface area contributed by atoms with Crippen LogP contribution in [0.15, 0.2) is 17.5 Å². The van der Waals surface area contributed by atoms with Crippen molar-refractivity contribution in [2.75, 3.05) is 19.6 Å². The van der Waals surface area contributed by atoms with Crippen molar-refractivity contribution in [2.24, 2.45) is 0 Å². The maximum absolute atomic E-state index is 11.3. The molecular weight excluding hydrogens is 224 g/mol. The quantitative estimate of drug-likeness (QED) is 0.832. The largest absolute Gasteiger partial charge is 0.480 e. The van der Waals surface area contributed by atoms with Crippen LogP contribution in [0, 0.1) is 0 Å². The molecule has 0 amide bonds. The molecule has 2 unspecified atom stereocenters. The van der Waals surface area contributed by atoms with Crippen LogP contribution in [-0.2, 0) is 4.79 Å². The summed E-state index contributed by atoms with van der Waals surface area (Å²) in [6.45, 7) is 4.52. The lowest BCUT2D eigenvalue weighted by atomic mass is 10.1. The molecule has 5 heteroatoms. The Hall–Kier alpha value is -0.910. The summed E-state index contributed by atoms with van der Waals surface area (Å²) in [5, 5.41) is 14.6. The van der Waals surface area contributed by atoms with E-state index in [9.17, 15) is 9.90 Å². The number of carboxylic acids is 1. The molecule has 1 saturated heterocycles. The molecule has 0 spiro atoms. The number of rotatable bonds is 3. The van der Waals surface area contributed by atoms with Crippen LogP contribution < -0.4 is 5.32 Å². The Balaban J connectivity index is 2.16. The first-order chi connectivity index (χ1) is 7.68. The van der Waals surface area contributed by atoms with E-state index in [2.05, 4.69) is 12.2 Å². The van der Waals surface area contributed by atoms with Gasteiger partial charge >= 0.3 is 5.97 Å². The number of nitrogens with zero attached hydrogens (tertiary/aromatic N) is 1. The second-order valence-corrected chi connectivity index (χ2v) is 5.09. The summed E-state index contributed by atoms with van der Waals surface area (Å²) in [6.07, 6.45) is 0. The van der Waals surface area contributed by atoms with Gasteiger partial charge in [0, 0.05) is 30.6 Å². The van der Waals surface area contributed by atoms with Crippen LogP contribution in [0.5, 0.6) is 0 Å². The van der Waals surface area contributed by atoms with Crippen molar-refractivity contribution in [2.45, 2.75) is 19.0 Å². The van der Waals surface area contributed by atoms with E-state index in [0.29, 0.717) is 6.04 Å². The fraction of sp³-hybridized carbons (Fsp3) is 0.545. The molecular formula is C11H16N2O2S. The summed E-state index contributed by atoms with van der Waals surface area (Å²) in [5.74, 6) is -0.753. The molecule has 1 aliphatic rings. The molecule has 2 heterocycles. The van der Waals surface area contributed by atoms with E-state index < -0.39 is 12.0 Å². The summed E-state index contributed by atoms with van der Waals surface area (Å²) in [7, 11) is 0. The van der Waals surface area contributed by atoms with Gasteiger partial charge in [-0.3, -0.25) is 9.69 Å². The van der Waals surface area contributed by atoms with Gasteiger partial charge < -0.3 is 10.4 Å². The number of hydrogen-bond donors (Lipinski definition) is 2. The van der Waals surface area contributed by atoms with Crippen LogP contribution in [0.1, 0.15) is 17.8 Å². The highest BCUT2D eigenvalue weighted by Crippen LogP contribution is 2.26. The fourth-order valence-corrected chi connectivity index (χ4v) is 2.95. The zero-order valence-corrected chi connectivity index (χ0v) is 10.0. The van der Waals surface area contributed by atoms with E-state index in [4.69, 9.17) is 0 Å². The van der Waals surface area contributed by atoms with Gasteiger partial charge in [0.25, 0.3) is 0 Å². The number of carboxylic acid groups (broad SMARTS) is 1. The maximum Gasteiger partial charge on any atom is 0.326 e. The van der Waals surface area contributed by atoms with E-state index in [0.717, 1.165) is 24.5 Å². The maximum atomic E-state index is 11.3. The molecule has 0 radical (unpaired) electrons. The fourth-order valence-electron chi connectivity index (χ4n) is 2.10. The van der Waals surface area contributed by atoms with Crippen LogP contribution in [0.4, 0.5) is 0 Å². The molecule has 0 aromatic carbocycles. The molecule has 2 rings (SSSR count). The van der Waals surface area contributed by atoms with E-state index >= 15 is 0 Å². The van der Waals surface area contributed by atoms with Gasteiger partial charge in [0.2, 0.25) is 0 Å². The zero-order valence-electron chi connectivity index (χ0n) is 9.22. The molecule has 1 aromatic rings. The first kappa shape index (κ1) is 11.6. The summed E-state index contributed by atoms with van der Waals surface area (Å²) >= 11 is 1.51. The zero-order chi connectivity index (χ0) is 11.5. The molecule has 4 nitrogen and oxygen atoms in total. The van der Waals surface area contributed by atoms with Crippen LogP contribution in [-0.4, -0.2) is 41.7 Å². The molecule has 2 N–H and O–H groups in total. The SMILES string of the molecule is CC1CN(C(C(=O)O)c2cccs2)CCN1. The van der Waals surface area contributed by atoms with E-state index in [1.165, 1.54) is 11.3 Å². The number of aliphatic carboxylic acids is 1. The van der Waals surface area contributed by atoms with Gasteiger partial charge in [0.15, 0.2) is 0 Å². The van der Waals surface area contributed by atoms with Crippen LogP contribution in [0.3, 0.4) is 0 Å². The van der Waals surface area contributed by atoms with Gasteiger partial charge in [-0.2, -0.15) is 0 Å². The third kappa shape index (κ3) is 2.42. The number of nitrogens with one attached hydrogen (secondary N) is 1. The Kier molecular flexibility index (Phi) is 3.58. The minimum absolute atomic E-state index is 0.357. The molecule has 2 atom stereocenters. The Morgan fingerprint density at radius 3 is 3.12 bits per heavy atom. The molecule has 88 valence electrons. The highest BCUT2D eigenvalue weighted by molar-refractivity contribution is 7.10. The average molecular weight is 240 g/mol. The summed E-state index contributed by atoms with van der Waals surface area (Å²) < 4.78 is 0. The van der Waals surface area contributed by atoms with E-state index in [1.54, 1.807) is 0 Å². The molecule has 0 saturated carbocycles. The lowest BCUT2D eigenvalue weighted by Gasteiger charge is -2.35. The highest BCUT2D eigenvalue weighted by Gasteiger charge is 2.30. The lowest BCUT2D eigenvalue weighted by Crippen LogP contribution is -2.51. The van der Waals surface area contributed by atoms with Crippen molar-refractivity contribution in [3.05, 3.63) is 22.4 Å². The van der Waals surface area contributed by atoms with Gasteiger partial charge in [-0.1, -0.05) is 6.07 Å². The first-order valence-electron chi connectivity index (χ1n) is 5.42. The Labute approximate surface area is 98.9 Å². The van der Waals surface area contributed by atoms with Crippen molar-refractivity contribution in [1.82, 2.24) is 10.2 Å². The Morgan fingerprint density at radius 1 is 1.75 bits per heavy atom. The van der Waals surface area contributed by atoms with Crippen molar-refractivity contribution in [3.8, 4) is 0 Å². The van der Waals surface area contributed by atoms with Gasteiger partial charge in [0.1, 0.15) is 6.04 Å². The van der Waals surface area contributed by atoms with E-state index in [1.807, 2.05) is 22.4 Å². The summed E-state index contributed by atoms with van der Waals surface area (Å²) in [4.78, 5) is 14.3. The number of piperazine rings is 1. The Morgan fingerprint density at radius 2 is 2.56 bits per heavy atom. The number of thiophene rings is 1. The van der Waals surface area contributed by atoms with Gasteiger partial charge in [-0.05, 0) is 18.4 Å². The van der Waals surface area contributed by atoms with Crippen molar-refractivity contribution >= 4 is 17.3 Å². The summed E-state index contributed by atoms with van der Waals surface area (Å²) in [6, 6.07) is 3.68. The monoisotopic (exact) mass is 240 g/mol. The molecule has 1 aromatic heterocycles. The average Bonchev–Trinajstić information content (AvgIpc) is 2.71. The van der Waals surface area contributed by atoms with Crippen molar-refractivity contribution in [1.29, 1.82) is 0 Å². The van der Waals surface area contributed by atoms with Crippen molar-refractivity contribution in [3.63, 3.8) is 0 Å². The predicted octanol–water partition coefficient (Wildman–Crippen LogP) is 1.17.